The van der Waals surface area contributed by atoms with Crippen LogP contribution in [0.4, 0.5) is 0 Å². The van der Waals surface area contributed by atoms with Crippen LogP contribution < -0.4 is 0 Å². The molecule has 1 aliphatic heterocycles. The van der Waals surface area contributed by atoms with Crippen molar-refractivity contribution < 1.29 is 0 Å². The van der Waals surface area contributed by atoms with Crippen molar-refractivity contribution >= 4 is 16.3 Å². The van der Waals surface area contributed by atoms with Crippen LogP contribution in [0.3, 0.4) is 0 Å². The van der Waals surface area contributed by atoms with Crippen molar-refractivity contribution in [2.24, 2.45) is 0 Å². The number of rotatable bonds is 5. The van der Waals surface area contributed by atoms with Crippen molar-refractivity contribution in [1.29, 1.82) is 0 Å². The molecule has 0 saturated carbocycles. The van der Waals surface area contributed by atoms with Gasteiger partial charge in [-0.3, -0.25) is 14.2 Å². The Morgan fingerprint density at radius 2 is 2.12 bits per heavy atom. The van der Waals surface area contributed by atoms with Crippen LogP contribution in [0.15, 0.2) is 41.9 Å². The quantitative estimate of drug-likeness (QED) is 0.696. The summed E-state index contributed by atoms with van der Waals surface area (Å²) in [5, 5.41) is 2.12. The zero-order chi connectivity index (χ0) is 17.2. The first-order valence-corrected chi connectivity index (χ1v) is 9.96. The summed E-state index contributed by atoms with van der Waals surface area (Å²) in [6.07, 6.45) is 4.71. The van der Waals surface area contributed by atoms with Gasteiger partial charge in [-0.1, -0.05) is 30.3 Å². The maximum atomic E-state index is 4.69. The summed E-state index contributed by atoms with van der Waals surface area (Å²) in [5.41, 5.74) is 3.92. The molecule has 0 spiro atoms. The van der Waals surface area contributed by atoms with Gasteiger partial charge in [0, 0.05) is 37.3 Å². The van der Waals surface area contributed by atoms with Crippen molar-refractivity contribution in [2.75, 3.05) is 20.1 Å². The number of thiazole rings is 1. The maximum Gasteiger partial charge on any atom is 0.194 e. The van der Waals surface area contributed by atoms with E-state index in [4.69, 9.17) is 4.98 Å². The topological polar surface area (TPSA) is 23.8 Å². The monoisotopic (exact) mass is 354 g/mol. The molecule has 1 saturated heterocycles. The summed E-state index contributed by atoms with van der Waals surface area (Å²) in [7, 11) is 2.27. The Kier molecular flexibility index (Phi) is 4.88. The molecule has 0 aliphatic carbocycles. The number of imidazole rings is 1. The van der Waals surface area contributed by atoms with Gasteiger partial charge in [0.15, 0.2) is 4.96 Å². The lowest BCUT2D eigenvalue weighted by Crippen LogP contribution is -2.46. The van der Waals surface area contributed by atoms with Gasteiger partial charge in [0.2, 0.25) is 0 Å². The minimum atomic E-state index is 0.625. The smallest absolute Gasteiger partial charge is 0.194 e. The SMILES string of the molecule is Cc1nc2sccn2c1CN1CCCC(N(C)Cc2ccccc2)C1. The molecule has 1 aliphatic rings. The summed E-state index contributed by atoms with van der Waals surface area (Å²) >= 11 is 1.72. The van der Waals surface area contributed by atoms with Gasteiger partial charge < -0.3 is 0 Å². The van der Waals surface area contributed by atoms with Gasteiger partial charge in [-0.2, -0.15) is 0 Å². The van der Waals surface area contributed by atoms with E-state index < -0.39 is 0 Å². The number of hydrogen-bond acceptors (Lipinski definition) is 4. The normalized spacial score (nSPS) is 19.1. The fourth-order valence-corrected chi connectivity index (χ4v) is 4.66. The summed E-state index contributed by atoms with van der Waals surface area (Å²) < 4.78 is 2.26. The predicted molar refractivity (Wildman–Crippen MR) is 104 cm³/mol. The fourth-order valence-electron chi connectivity index (χ4n) is 3.88. The number of piperidine rings is 1. The summed E-state index contributed by atoms with van der Waals surface area (Å²) in [4.78, 5) is 10.9. The maximum absolute atomic E-state index is 4.69. The van der Waals surface area contributed by atoms with E-state index in [2.05, 4.69) is 70.1 Å². The number of hydrogen-bond donors (Lipinski definition) is 0. The molecule has 4 nitrogen and oxygen atoms in total. The Balaban J connectivity index is 1.42. The van der Waals surface area contributed by atoms with E-state index in [1.54, 1.807) is 11.3 Å². The van der Waals surface area contributed by atoms with Crippen LogP contribution in [-0.4, -0.2) is 45.4 Å². The number of fused-ring (bicyclic) bond motifs is 1. The number of likely N-dealkylation sites (N-methyl/N-ethyl adjacent to an activating group) is 1. The van der Waals surface area contributed by atoms with Crippen LogP contribution in [0.2, 0.25) is 0 Å². The Morgan fingerprint density at radius 3 is 2.96 bits per heavy atom. The minimum absolute atomic E-state index is 0.625. The highest BCUT2D eigenvalue weighted by Gasteiger charge is 2.24. The van der Waals surface area contributed by atoms with E-state index in [1.165, 1.54) is 36.3 Å². The van der Waals surface area contributed by atoms with Crippen LogP contribution in [0.25, 0.3) is 4.96 Å². The van der Waals surface area contributed by atoms with E-state index in [-0.39, 0.29) is 0 Å². The highest BCUT2D eigenvalue weighted by atomic mass is 32.1. The van der Waals surface area contributed by atoms with Crippen LogP contribution in [0.1, 0.15) is 29.8 Å². The Hall–Kier alpha value is -1.69. The minimum Gasteiger partial charge on any atom is -0.298 e. The third kappa shape index (κ3) is 3.64. The molecule has 132 valence electrons. The molecule has 4 rings (SSSR count). The Morgan fingerprint density at radius 1 is 1.28 bits per heavy atom. The second kappa shape index (κ2) is 7.28. The first kappa shape index (κ1) is 16.8. The molecule has 0 N–H and O–H groups in total. The van der Waals surface area contributed by atoms with Gasteiger partial charge in [0.1, 0.15) is 0 Å². The van der Waals surface area contributed by atoms with E-state index in [0.717, 1.165) is 24.6 Å². The molecule has 2 aromatic heterocycles. The van der Waals surface area contributed by atoms with Crippen LogP contribution in [0, 0.1) is 6.92 Å². The van der Waals surface area contributed by atoms with Gasteiger partial charge in [-0.05, 0) is 38.9 Å². The lowest BCUT2D eigenvalue weighted by atomic mass is 10.0. The van der Waals surface area contributed by atoms with E-state index in [0.29, 0.717) is 6.04 Å². The van der Waals surface area contributed by atoms with E-state index >= 15 is 0 Å². The van der Waals surface area contributed by atoms with Gasteiger partial charge in [-0.15, -0.1) is 11.3 Å². The number of aromatic nitrogens is 2. The summed E-state index contributed by atoms with van der Waals surface area (Å²) in [6, 6.07) is 11.4. The second-order valence-corrected chi connectivity index (χ2v) is 8.00. The second-order valence-electron chi connectivity index (χ2n) is 7.13. The third-order valence-electron chi connectivity index (χ3n) is 5.31. The number of nitrogens with zero attached hydrogens (tertiary/aromatic N) is 4. The average molecular weight is 355 g/mol. The molecule has 5 heteroatoms. The number of likely N-dealkylation sites (tertiary alicyclic amines) is 1. The fraction of sp³-hybridized carbons (Fsp3) is 0.450. The van der Waals surface area contributed by atoms with E-state index in [1.807, 2.05) is 0 Å². The Bertz CT molecular complexity index is 823. The number of benzene rings is 1. The van der Waals surface area contributed by atoms with Crippen LogP contribution >= 0.6 is 11.3 Å². The molecule has 0 amide bonds. The molecule has 3 aromatic rings. The molecule has 1 aromatic carbocycles. The van der Waals surface area contributed by atoms with Gasteiger partial charge >= 0.3 is 0 Å². The first-order chi connectivity index (χ1) is 12.2. The molecule has 0 radical (unpaired) electrons. The van der Waals surface area contributed by atoms with Crippen molar-refractivity contribution in [2.45, 2.75) is 38.9 Å². The zero-order valence-corrected chi connectivity index (χ0v) is 15.9. The van der Waals surface area contributed by atoms with Gasteiger partial charge in [0.05, 0.1) is 11.4 Å². The highest BCUT2D eigenvalue weighted by Crippen LogP contribution is 2.22. The van der Waals surface area contributed by atoms with Crippen molar-refractivity contribution in [1.82, 2.24) is 19.2 Å². The molecule has 0 bridgehead atoms. The highest BCUT2D eigenvalue weighted by molar-refractivity contribution is 7.15. The van der Waals surface area contributed by atoms with Crippen molar-refractivity contribution in [3.63, 3.8) is 0 Å². The molecular formula is C20H26N4S. The zero-order valence-electron chi connectivity index (χ0n) is 15.1. The molecule has 3 heterocycles. The molecule has 1 atom stereocenters. The predicted octanol–water partition coefficient (Wildman–Crippen LogP) is 3.80. The van der Waals surface area contributed by atoms with Crippen LogP contribution in [0.5, 0.6) is 0 Å². The lowest BCUT2D eigenvalue weighted by Gasteiger charge is -2.37. The van der Waals surface area contributed by atoms with Crippen molar-refractivity contribution in [3.8, 4) is 0 Å². The average Bonchev–Trinajstić information content (AvgIpc) is 3.19. The van der Waals surface area contributed by atoms with Crippen LogP contribution in [-0.2, 0) is 13.1 Å². The Labute approximate surface area is 153 Å². The first-order valence-electron chi connectivity index (χ1n) is 9.08. The number of aryl methyl sites for hydroxylation is 1. The van der Waals surface area contributed by atoms with Crippen molar-refractivity contribution in [3.05, 3.63) is 58.9 Å². The van der Waals surface area contributed by atoms with Gasteiger partial charge in [0.25, 0.3) is 0 Å². The largest absolute Gasteiger partial charge is 0.298 e. The lowest BCUT2D eigenvalue weighted by molar-refractivity contribution is 0.106. The summed E-state index contributed by atoms with van der Waals surface area (Å²) in [6.45, 7) is 6.49. The summed E-state index contributed by atoms with van der Waals surface area (Å²) in [5.74, 6) is 0. The molecular weight excluding hydrogens is 328 g/mol. The van der Waals surface area contributed by atoms with E-state index in [9.17, 15) is 0 Å². The molecule has 1 fully saturated rings. The third-order valence-corrected chi connectivity index (χ3v) is 6.07. The van der Waals surface area contributed by atoms with Gasteiger partial charge in [-0.25, -0.2) is 4.98 Å². The molecule has 25 heavy (non-hydrogen) atoms. The standard InChI is InChI=1S/C20H26N4S/c1-16-19(24-11-12-25-20(24)21-16)15-23-10-6-9-18(14-23)22(2)13-17-7-4-3-5-8-17/h3-5,7-8,11-12,18H,6,9-10,13-15H2,1-2H3. The molecule has 1 unspecified atom stereocenters.